The van der Waals surface area contributed by atoms with Crippen molar-refractivity contribution in [1.29, 1.82) is 0 Å². The third kappa shape index (κ3) is 4.01. The van der Waals surface area contributed by atoms with Crippen LogP contribution in [0.3, 0.4) is 0 Å². The fraction of sp³-hybridized carbons (Fsp3) is 0.333. The van der Waals surface area contributed by atoms with Gasteiger partial charge in [0.25, 0.3) is 0 Å². The SMILES string of the molecule is COc1ccc(NCCN)cc1.Cl. The maximum Gasteiger partial charge on any atom is 0.119 e. The van der Waals surface area contributed by atoms with Crippen LogP contribution >= 0.6 is 12.4 Å². The molecule has 0 bridgehead atoms. The molecule has 1 aromatic rings. The number of halogens is 1. The summed E-state index contributed by atoms with van der Waals surface area (Å²) in [5, 5.41) is 3.17. The van der Waals surface area contributed by atoms with Crippen LogP contribution in [0.25, 0.3) is 0 Å². The summed E-state index contributed by atoms with van der Waals surface area (Å²) in [5.74, 6) is 0.869. The van der Waals surface area contributed by atoms with Gasteiger partial charge in [0.05, 0.1) is 7.11 Å². The van der Waals surface area contributed by atoms with E-state index in [0.717, 1.165) is 18.0 Å². The van der Waals surface area contributed by atoms with Crippen molar-refractivity contribution in [2.75, 3.05) is 25.5 Å². The van der Waals surface area contributed by atoms with Crippen molar-refractivity contribution >= 4 is 18.1 Å². The third-order valence-corrected chi connectivity index (χ3v) is 1.56. The van der Waals surface area contributed by atoms with Gasteiger partial charge in [-0.2, -0.15) is 0 Å². The fourth-order valence-electron chi connectivity index (χ4n) is 0.925. The Labute approximate surface area is 84.7 Å². The minimum absolute atomic E-state index is 0. The van der Waals surface area contributed by atoms with Crippen LogP contribution in [0.1, 0.15) is 0 Å². The Bertz CT molecular complexity index is 226. The van der Waals surface area contributed by atoms with Gasteiger partial charge >= 0.3 is 0 Å². The molecule has 0 fully saturated rings. The lowest BCUT2D eigenvalue weighted by Crippen LogP contribution is -2.12. The Morgan fingerprint density at radius 3 is 2.38 bits per heavy atom. The molecular formula is C9H15ClN2O. The van der Waals surface area contributed by atoms with Crippen molar-refractivity contribution in [3.8, 4) is 5.75 Å². The first-order valence-corrected chi connectivity index (χ1v) is 3.95. The van der Waals surface area contributed by atoms with Crippen LogP contribution < -0.4 is 15.8 Å². The summed E-state index contributed by atoms with van der Waals surface area (Å²) in [6, 6.07) is 7.76. The largest absolute Gasteiger partial charge is 0.497 e. The minimum atomic E-state index is 0. The Hall–Kier alpha value is -0.930. The molecule has 3 nitrogen and oxygen atoms in total. The van der Waals surface area contributed by atoms with Gasteiger partial charge in [-0.1, -0.05) is 0 Å². The second-order valence-electron chi connectivity index (χ2n) is 2.44. The van der Waals surface area contributed by atoms with E-state index in [-0.39, 0.29) is 12.4 Å². The number of anilines is 1. The molecule has 0 aliphatic carbocycles. The smallest absolute Gasteiger partial charge is 0.119 e. The molecule has 0 aliphatic rings. The summed E-state index contributed by atoms with van der Waals surface area (Å²) in [4.78, 5) is 0. The van der Waals surface area contributed by atoms with Crippen molar-refractivity contribution < 1.29 is 4.74 Å². The monoisotopic (exact) mass is 202 g/mol. The van der Waals surface area contributed by atoms with Crippen LogP contribution in [0.2, 0.25) is 0 Å². The Morgan fingerprint density at radius 2 is 1.92 bits per heavy atom. The van der Waals surface area contributed by atoms with Gasteiger partial charge in [0.2, 0.25) is 0 Å². The van der Waals surface area contributed by atoms with Crippen LogP contribution in [-0.2, 0) is 0 Å². The quantitative estimate of drug-likeness (QED) is 0.778. The first-order valence-electron chi connectivity index (χ1n) is 3.95. The number of ether oxygens (including phenoxy) is 1. The van der Waals surface area contributed by atoms with Crippen LogP contribution in [0.5, 0.6) is 5.75 Å². The molecular weight excluding hydrogens is 188 g/mol. The zero-order valence-corrected chi connectivity index (χ0v) is 8.43. The van der Waals surface area contributed by atoms with E-state index in [1.165, 1.54) is 0 Å². The highest BCUT2D eigenvalue weighted by Crippen LogP contribution is 2.14. The molecule has 0 spiro atoms. The van der Waals surface area contributed by atoms with Gasteiger partial charge in [0.1, 0.15) is 5.75 Å². The van der Waals surface area contributed by atoms with E-state index in [4.69, 9.17) is 10.5 Å². The minimum Gasteiger partial charge on any atom is -0.497 e. The van der Waals surface area contributed by atoms with Crippen LogP contribution in [0, 0.1) is 0 Å². The average Bonchev–Trinajstić information content (AvgIpc) is 2.15. The summed E-state index contributed by atoms with van der Waals surface area (Å²) in [5.41, 5.74) is 6.42. The number of benzene rings is 1. The van der Waals surface area contributed by atoms with Crippen molar-refractivity contribution in [3.05, 3.63) is 24.3 Å². The number of rotatable bonds is 4. The van der Waals surface area contributed by atoms with Crippen molar-refractivity contribution in [3.63, 3.8) is 0 Å². The van der Waals surface area contributed by atoms with Gasteiger partial charge in [-0.3, -0.25) is 0 Å². The third-order valence-electron chi connectivity index (χ3n) is 1.56. The van der Waals surface area contributed by atoms with Gasteiger partial charge < -0.3 is 15.8 Å². The molecule has 0 saturated carbocycles. The number of nitrogens with two attached hydrogens (primary N) is 1. The molecule has 0 amide bonds. The summed E-state index contributed by atoms with van der Waals surface area (Å²) in [6.07, 6.45) is 0. The maximum atomic E-state index is 5.35. The molecule has 3 N–H and O–H groups in total. The molecule has 13 heavy (non-hydrogen) atoms. The molecule has 0 radical (unpaired) electrons. The molecule has 0 saturated heterocycles. The number of hydrogen-bond donors (Lipinski definition) is 2. The maximum absolute atomic E-state index is 5.35. The van der Waals surface area contributed by atoms with Gasteiger partial charge in [-0.05, 0) is 24.3 Å². The van der Waals surface area contributed by atoms with E-state index >= 15 is 0 Å². The molecule has 0 heterocycles. The Balaban J connectivity index is 0.00000144. The molecule has 4 heteroatoms. The normalized spacial score (nSPS) is 8.77. The first kappa shape index (κ1) is 12.1. The fourth-order valence-corrected chi connectivity index (χ4v) is 0.925. The second kappa shape index (κ2) is 6.57. The zero-order chi connectivity index (χ0) is 8.81. The lowest BCUT2D eigenvalue weighted by Gasteiger charge is -2.04. The van der Waals surface area contributed by atoms with E-state index in [1.807, 2.05) is 24.3 Å². The highest BCUT2D eigenvalue weighted by Gasteiger charge is 1.91. The van der Waals surface area contributed by atoms with Crippen LogP contribution in [0.4, 0.5) is 5.69 Å². The standard InChI is InChI=1S/C9H14N2O.ClH/c1-12-9-4-2-8(3-5-9)11-7-6-10;/h2-5,11H,6-7,10H2,1H3;1H. The van der Waals surface area contributed by atoms with Gasteiger partial charge in [0, 0.05) is 18.8 Å². The molecule has 0 aromatic heterocycles. The van der Waals surface area contributed by atoms with E-state index in [1.54, 1.807) is 7.11 Å². The van der Waals surface area contributed by atoms with E-state index in [0.29, 0.717) is 6.54 Å². The van der Waals surface area contributed by atoms with Crippen molar-refractivity contribution in [2.24, 2.45) is 5.73 Å². The zero-order valence-electron chi connectivity index (χ0n) is 7.62. The van der Waals surface area contributed by atoms with Crippen molar-refractivity contribution in [1.82, 2.24) is 0 Å². The number of methoxy groups -OCH3 is 1. The summed E-state index contributed by atoms with van der Waals surface area (Å²) < 4.78 is 5.02. The molecule has 0 atom stereocenters. The summed E-state index contributed by atoms with van der Waals surface area (Å²) in [7, 11) is 1.66. The first-order chi connectivity index (χ1) is 5.86. The molecule has 1 aromatic carbocycles. The van der Waals surface area contributed by atoms with Gasteiger partial charge in [-0.25, -0.2) is 0 Å². The molecule has 0 aliphatic heterocycles. The predicted octanol–water partition coefficient (Wildman–Crippen LogP) is 1.49. The average molecular weight is 203 g/mol. The van der Waals surface area contributed by atoms with E-state index in [2.05, 4.69) is 5.32 Å². The molecule has 1 rings (SSSR count). The predicted molar refractivity (Wildman–Crippen MR) is 57.8 cm³/mol. The summed E-state index contributed by atoms with van der Waals surface area (Å²) in [6.45, 7) is 1.44. The molecule has 0 unspecified atom stereocenters. The Kier molecular flexibility index (Phi) is 6.10. The van der Waals surface area contributed by atoms with Crippen molar-refractivity contribution in [2.45, 2.75) is 0 Å². The Morgan fingerprint density at radius 1 is 1.31 bits per heavy atom. The highest BCUT2D eigenvalue weighted by atomic mass is 35.5. The molecule has 74 valence electrons. The number of hydrogen-bond acceptors (Lipinski definition) is 3. The summed E-state index contributed by atoms with van der Waals surface area (Å²) >= 11 is 0. The highest BCUT2D eigenvalue weighted by molar-refractivity contribution is 5.85. The topological polar surface area (TPSA) is 47.3 Å². The van der Waals surface area contributed by atoms with Gasteiger partial charge in [0.15, 0.2) is 0 Å². The van der Waals surface area contributed by atoms with E-state index in [9.17, 15) is 0 Å². The van der Waals surface area contributed by atoms with Crippen LogP contribution in [0.15, 0.2) is 24.3 Å². The second-order valence-corrected chi connectivity index (χ2v) is 2.44. The lowest BCUT2D eigenvalue weighted by molar-refractivity contribution is 0.415. The number of nitrogens with one attached hydrogen (secondary N) is 1. The van der Waals surface area contributed by atoms with Gasteiger partial charge in [-0.15, -0.1) is 12.4 Å². The van der Waals surface area contributed by atoms with Crippen LogP contribution in [-0.4, -0.2) is 20.2 Å². The lowest BCUT2D eigenvalue weighted by atomic mass is 10.3. The van der Waals surface area contributed by atoms with E-state index < -0.39 is 0 Å².